The van der Waals surface area contributed by atoms with Crippen LogP contribution in [-0.4, -0.2) is 45.4 Å². The summed E-state index contributed by atoms with van der Waals surface area (Å²) in [7, 11) is 0. The van der Waals surface area contributed by atoms with Gasteiger partial charge < -0.3 is 19.9 Å². The van der Waals surface area contributed by atoms with Crippen molar-refractivity contribution in [3.63, 3.8) is 0 Å². The number of hydrogen-bond acceptors (Lipinski definition) is 7. The van der Waals surface area contributed by atoms with E-state index in [0.717, 1.165) is 45.3 Å². The number of rotatable bonds is 4. The van der Waals surface area contributed by atoms with Gasteiger partial charge in [-0.25, -0.2) is 4.98 Å². The minimum Gasteiger partial charge on any atom is -0.461 e. The first-order valence-electron chi connectivity index (χ1n) is 8.29. The molecular weight excluding hydrogens is 378 g/mol. The molecule has 2 aromatic rings. The second kappa shape index (κ2) is 6.81. The lowest BCUT2D eigenvalue weighted by atomic mass is 10.2. The number of imidazole rings is 1. The van der Waals surface area contributed by atoms with Gasteiger partial charge in [-0.05, 0) is 48.0 Å². The van der Waals surface area contributed by atoms with E-state index in [1.54, 1.807) is 0 Å². The lowest BCUT2D eigenvalue weighted by Gasteiger charge is -2.24. The summed E-state index contributed by atoms with van der Waals surface area (Å²) in [5.74, 6) is 0.303. The minimum atomic E-state index is -0.0987. The number of aromatic nitrogens is 4. The van der Waals surface area contributed by atoms with Crippen LogP contribution in [0.1, 0.15) is 38.3 Å². The number of nitrogens with two attached hydrogens (primary N) is 1. The van der Waals surface area contributed by atoms with Crippen LogP contribution in [0.2, 0.25) is 0 Å². The predicted molar refractivity (Wildman–Crippen MR) is 90.7 cm³/mol. The Morgan fingerprint density at radius 1 is 1.12 bits per heavy atom. The van der Waals surface area contributed by atoms with Crippen LogP contribution in [0.5, 0.6) is 6.01 Å². The molecule has 24 heavy (non-hydrogen) atoms. The molecule has 4 heterocycles. The molecule has 8 nitrogen and oxygen atoms in total. The van der Waals surface area contributed by atoms with Crippen LogP contribution in [0.25, 0.3) is 11.2 Å². The summed E-state index contributed by atoms with van der Waals surface area (Å²) in [5.41, 5.74) is 7.24. The molecular formula is C15H20BrN5O3. The Hall–Kier alpha value is -1.45. The van der Waals surface area contributed by atoms with Gasteiger partial charge in [0.05, 0.1) is 6.10 Å². The third-order valence-electron chi connectivity index (χ3n) is 4.37. The van der Waals surface area contributed by atoms with Crippen LogP contribution in [0.15, 0.2) is 4.73 Å². The van der Waals surface area contributed by atoms with Gasteiger partial charge in [0.15, 0.2) is 21.7 Å². The lowest BCUT2D eigenvalue weighted by molar-refractivity contribution is -0.0311. The van der Waals surface area contributed by atoms with Crippen molar-refractivity contribution < 1.29 is 14.2 Å². The molecule has 2 aromatic heterocycles. The van der Waals surface area contributed by atoms with Gasteiger partial charge in [0.2, 0.25) is 0 Å². The summed E-state index contributed by atoms with van der Waals surface area (Å²) >= 11 is 3.48. The first-order chi connectivity index (χ1) is 11.7. The topological polar surface area (TPSA) is 97.3 Å². The van der Waals surface area contributed by atoms with E-state index in [9.17, 15) is 0 Å². The van der Waals surface area contributed by atoms with Gasteiger partial charge in [0, 0.05) is 13.2 Å². The van der Waals surface area contributed by atoms with Crippen LogP contribution in [0, 0.1) is 0 Å². The molecule has 1 unspecified atom stereocenters. The van der Waals surface area contributed by atoms with Crippen molar-refractivity contribution >= 4 is 32.9 Å². The molecule has 0 saturated carbocycles. The van der Waals surface area contributed by atoms with E-state index in [4.69, 9.17) is 19.9 Å². The van der Waals surface area contributed by atoms with E-state index in [0.29, 0.717) is 28.3 Å². The van der Waals surface area contributed by atoms with Crippen molar-refractivity contribution in [2.45, 2.75) is 44.4 Å². The Balaban J connectivity index is 1.64. The van der Waals surface area contributed by atoms with Gasteiger partial charge in [-0.2, -0.15) is 9.97 Å². The Morgan fingerprint density at radius 3 is 2.75 bits per heavy atom. The Morgan fingerprint density at radius 2 is 2.00 bits per heavy atom. The highest BCUT2D eigenvalue weighted by molar-refractivity contribution is 9.10. The highest BCUT2D eigenvalue weighted by Crippen LogP contribution is 2.32. The summed E-state index contributed by atoms with van der Waals surface area (Å²) in [6.45, 7) is 1.95. The van der Waals surface area contributed by atoms with Crippen LogP contribution in [0.4, 0.5) is 5.82 Å². The van der Waals surface area contributed by atoms with Crippen LogP contribution < -0.4 is 10.5 Å². The molecule has 130 valence electrons. The zero-order valence-corrected chi connectivity index (χ0v) is 14.9. The molecule has 9 heteroatoms. The third kappa shape index (κ3) is 3.07. The average molecular weight is 398 g/mol. The molecule has 0 bridgehead atoms. The summed E-state index contributed by atoms with van der Waals surface area (Å²) in [5, 5.41) is 0. The molecule has 2 saturated heterocycles. The third-order valence-corrected chi connectivity index (χ3v) is 4.93. The molecule has 2 aliphatic rings. The first-order valence-corrected chi connectivity index (χ1v) is 9.08. The molecule has 0 spiro atoms. The summed E-state index contributed by atoms with van der Waals surface area (Å²) in [6.07, 6.45) is 5.17. The number of hydrogen-bond donors (Lipinski definition) is 1. The monoisotopic (exact) mass is 397 g/mol. The summed E-state index contributed by atoms with van der Waals surface area (Å²) in [6, 6.07) is 0.250. The fourth-order valence-corrected chi connectivity index (χ4v) is 3.71. The van der Waals surface area contributed by atoms with Gasteiger partial charge >= 0.3 is 6.01 Å². The fourth-order valence-electron chi connectivity index (χ4n) is 3.14. The van der Waals surface area contributed by atoms with Crippen molar-refractivity contribution in [2.24, 2.45) is 0 Å². The van der Waals surface area contributed by atoms with Crippen molar-refractivity contribution in [1.29, 1.82) is 0 Å². The molecule has 2 aliphatic heterocycles. The highest BCUT2D eigenvalue weighted by atomic mass is 79.9. The zero-order chi connectivity index (χ0) is 16.5. The first kappa shape index (κ1) is 16.0. The van der Waals surface area contributed by atoms with E-state index in [-0.39, 0.29) is 18.3 Å². The van der Waals surface area contributed by atoms with Gasteiger partial charge in [0.1, 0.15) is 12.8 Å². The summed E-state index contributed by atoms with van der Waals surface area (Å²) in [4.78, 5) is 13.2. The molecule has 2 atom stereocenters. The van der Waals surface area contributed by atoms with Gasteiger partial charge in [0.25, 0.3) is 0 Å². The normalized spacial score (nSPS) is 24.5. The molecule has 0 aromatic carbocycles. The molecule has 2 fully saturated rings. The van der Waals surface area contributed by atoms with Crippen molar-refractivity contribution in [1.82, 2.24) is 19.5 Å². The Kier molecular flexibility index (Phi) is 4.55. The number of nitrogens with zero attached hydrogens (tertiary/aromatic N) is 4. The van der Waals surface area contributed by atoms with E-state index >= 15 is 0 Å². The Labute approximate surface area is 147 Å². The van der Waals surface area contributed by atoms with Gasteiger partial charge in [-0.15, -0.1) is 0 Å². The van der Waals surface area contributed by atoms with E-state index in [2.05, 4.69) is 30.9 Å². The van der Waals surface area contributed by atoms with Crippen molar-refractivity contribution in [3.05, 3.63) is 4.73 Å². The van der Waals surface area contributed by atoms with Gasteiger partial charge in [-0.3, -0.25) is 4.57 Å². The maximum atomic E-state index is 6.05. The number of ether oxygens (including phenoxy) is 3. The van der Waals surface area contributed by atoms with E-state index in [1.165, 1.54) is 0 Å². The molecule has 0 aliphatic carbocycles. The summed E-state index contributed by atoms with van der Waals surface area (Å²) < 4.78 is 19.7. The average Bonchev–Trinajstić information content (AvgIpc) is 3.21. The smallest absolute Gasteiger partial charge is 0.320 e. The van der Waals surface area contributed by atoms with Crippen molar-refractivity contribution in [2.75, 3.05) is 25.6 Å². The second-order valence-electron chi connectivity index (χ2n) is 6.08. The van der Waals surface area contributed by atoms with Gasteiger partial charge in [-0.1, -0.05) is 0 Å². The second-order valence-corrected chi connectivity index (χ2v) is 6.79. The molecule has 2 N–H and O–H groups in total. The lowest BCUT2D eigenvalue weighted by Crippen LogP contribution is -2.19. The van der Waals surface area contributed by atoms with Crippen LogP contribution in [0.3, 0.4) is 0 Å². The van der Waals surface area contributed by atoms with Crippen molar-refractivity contribution in [3.8, 4) is 6.01 Å². The van der Waals surface area contributed by atoms with Crippen LogP contribution in [-0.2, 0) is 9.47 Å². The minimum absolute atomic E-state index is 0.0987. The standard InChI is InChI=1S/C15H20BrN5O3/c16-14-18-11-12(17)19-15(24-8-9-4-3-7-22-9)20-13(11)21(14)10-5-1-2-6-23-10/h9-10H,1-8H2,(H2,17,19,20)/t9?,10-/m1/s1. The number of nitrogen functional groups attached to an aromatic ring is 1. The number of anilines is 1. The fraction of sp³-hybridized carbons (Fsp3) is 0.667. The van der Waals surface area contributed by atoms with E-state index < -0.39 is 0 Å². The maximum absolute atomic E-state index is 6.05. The van der Waals surface area contributed by atoms with E-state index in [1.807, 2.05) is 4.57 Å². The maximum Gasteiger partial charge on any atom is 0.320 e. The predicted octanol–water partition coefficient (Wildman–Crippen LogP) is 2.43. The SMILES string of the molecule is Nc1nc(OCC2CCCO2)nc2c1nc(Br)n2[C@H]1CCCCO1. The highest BCUT2D eigenvalue weighted by Gasteiger charge is 2.24. The number of fused-ring (bicyclic) bond motifs is 1. The number of halogens is 1. The molecule has 0 radical (unpaired) electrons. The molecule has 0 amide bonds. The largest absolute Gasteiger partial charge is 0.461 e. The quantitative estimate of drug-likeness (QED) is 0.790. The zero-order valence-electron chi connectivity index (χ0n) is 13.3. The Bertz CT molecular complexity index is 725. The molecule has 4 rings (SSSR count). The van der Waals surface area contributed by atoms with Crippen LogP contribution >= 0.6 is 15.9 Å².